The summed E-state index contributed by atoms with van der Waals surface area (Å²) in [5.74, 6) is 0.583. The van der Waals surface area contributed by atoms with Crippen molar-refractivity contribution in [2.75, 3.05) is 13.2 Å². The number of ether oxygens (including phenoxy) is 1. The fourth-order valence-corrected chi connectivity index (χ4v) is 4.75. The third-order valence-electron chi connectivity index (χ3n) is 5.84. The van der Waals surface area contributed by atoms with Crippen molar-refractivity contribution in [1.29, 1.82) is 0 Å². The average Bonchev–Trinajstić information content (AvgIpc) is 3.22. The second-order valence-electron chi connectivity index (χ2n) is 7.72. The summed E-state index contributed by atoms with van der Waals surface area (Å²) >= 11 is 3.46. The largest absolute Gasteiger partial charge is 0.493 e. The third-order valence-corrected chi connectivity index (χ3v) is 6.33. The fraction of sp³-hybridized carbons (Fsp3) is 0.550. The van der Waals surface area contributed by atoms with E-state index < -0.39 is 5.54 Å². The smallest absolute Gasteiger partial charge is 0.325 e. The molecule has 2 heterocycles. The first-order chi connectivity index (χ1) is 13.5. The first kappa shape index (κ1) is 19.2. The van der Waals surface area contributed by atoms with E-state index in [9.17, 15) is 14.4 Å². The zero-order valence-electron chi connectivity index (χ0n) is 15.6. The van der Waals surface area contributed by atoms with Crippen molar-refractivity contribution in [2.45, 2.75) is 56.5 Å². The molecular formula is C20H24BrN3O4. The van der Waals surface area contributed by atoms with E-state index in [4.69, 9.17) is 4.74 Å². The third kappa shape index (κ3) is 3.62. The lowest BCUT2D eigenvalue weighted by molar-refractivity contribution is -0.131. The molecule has 0 bridgehead atoms. The summed E-state index contributed by atoms with van der Waals surface area (Å²) in [6, 6.07) is 5.36. The van der Waals surface area contributed by atoms with E-state index in [0.29, 0.717) is 32.3 Å². The quantitative estimate of drug-likeness (QED) is 0.676. The first-order valence-electron chi connectivity index (χ1n) is 9.84. The van der Waals surface area contributed by atoms with Crippen LogP contribution in [-0.2, 0) is 9.59 Å². The Balaban J connectivity index is 1.30. The SMILES string of the molecule is O=C(CCCN1C(=O)NC2(CCCC2)C1=O)NC1CCOc2ccc(Br)cc21. The molecule has 150 valence electrons. The van der Waals surface area contributed by atoms with Gasteiger partial charge in [-0.3, -0.25) is 14.5 Å². The molecule has 4 rings (SSSR count). The Morgan fingerprint density at radius 1 is 1.32 bits per heavy atom. The predicted molar refractivity (Wildman–Crippen MR) is 106 cm³/mol. The second-order valence-corrected chi connectivity index (χ2v) is 8.63. The van der Waals surface area contributed by atoms with Gasteiger partial charge in [0.2, 0.25) is 5.91 Å². The van der Waals surface area contributed by atoms with Gasteiger partial charge in [-0.2, -0.15) is 0 Å². The van der Waals surface area contributed by atoms with Crippen LogP contribution in [0.3, 0.4) is 0 Å². The van der Waals surface area contributed by atoms with Crippen LogP contribution in [0.5, 0.6) is 5.75 Å². The van der Waals surface area contributed by atoms with Crippen LogP contribution in [0.15, 0.2) is 22.7 Å². The van der Waals surface area contributed by atoms with Crippen LogP contribution < -0.4 is 15.4 Å². The lowest BCUT2D eigenvalue weighted by Gasteiger charge is -2.27. The Hall–Kier alpha value is -2.09. The number of halogens is 1. The molecule has 3 aliphatic rings. The first-order valence-corrected chi connectivity index (χ1v) is 10.6. The minimum Gasteiger partial charge on any atom is -0.493 e. The van der Waals surface area contributed by atoms with Crippen LogP contribution in [0.25, 0.3) is 0 Å². The summed E-state index contributed by atoms with van der Waals surface area (Å²) in [4.78, 5) is 38.5. The van der Waals surface area contributed by atoms with E-state index in [2.05, 4.69) is 26.6 Å². The molecule has 1 aliphatic carbocycles. The molecule has 7 nitrogen and oxygen atoms in total. The second kappa shape index (κ2) is 7.73. The van der Waals surface area contributed by atoms with E-state index in [1.807, 2.05) is 18.2 Å². The highest BCUT2D eigenvalue weighted by Gasteiger charge is 2.52. The van der Waals surface area contributed by atoms with Gasteiger partial charge >= 0.3 is 6.03 Å². The Kier molecular flexibility index (Phi) is 5.31. The van der Waals surface area contributed by atoms with Crippen molar-refractivity contribution < 1.29 is 19.1 Å². The summed E-state index contributed by atoms with van der Waals surface area (Å²) in [5, 5.41) is 5.92. The molecule has 1 atom stereocenters. The number of carbonyl (C=O) groups excluding carboxylic acids is 3. The topological polar surface area (TPSA) is 87.7 Å². The summed E-state index contributed by atoms with van der Waals surface area (Å²) in [6.45, 7) is 0.833. The van der Waals surface area contributed by atoms with Gasteiger partial charge in [-0.1, -0.05) is 28.8 Å². The van der Waals surface area contributed by atoms with Crippen molar-refractivity contribution in [3.05, 3.63) is 28.2 Å². The van der Waals surface area contributed by atoms with Crippen LogP contribution in [-0.4, -0.2) is 41.4 Å². The van der Waals surface area contributed by atoms with Crippen LogP contribution in [0, 0.1) is 0 Å². The number of fused-ring (bicyclic) bond motifs is 1. The highest BCUT2D eigenvalue weighted by atomic mass is 79.9. The molecule has 0 radical (unpaired) electrons. The van der Waals surface area contributed by atoms with Crippen molar-refractivity contribution in [1.82, 2.24) is 15.5 Å². The van der Waals surface area contributed by atoms with Crippen LogP contribution in [0.4, 0.5) is 4.79 Å². The summed E-state index contributed by atoms with van der Waals surface area (Å²) in [7, 11) is 0. The highest BCUT2D eigenvalue weighted by Crippen LogP contribution is 2.35. The van der Waals surface area contributed by atoms with E-state index in [1.54, 1.807) is 0 Å². The lowest BCUT2D eigenvalue weighted by atomic mass is 9.98. The fourth-order valence-electron chi connectivity index (χ4n) is 4.38. The molecule has 1 unspecified atom stereocenters. The van der Waals surface area contributed by atoms with Crippen molar-refractivity contribution in [2.24, 2.45) is 0 Å². The van der Waals surface area contributed by atoms with Crippen molar-refractivity contribution >= 4 is 33.8 Å². The molecule has 1 saturated carbocycles. The van der Waals surface area contributed by atoms with Crippen LogP contribution in [0.1, 0.15) is 56.6 Å². The average molecular weight is 450 g/mol. The molecule has 2 fully saturated rings. The predicted octanol–water partition coefficient (Wildman–Crippen LogP) is 3.03. The maximum atomic E-state index is 12.6. The van der Waals surface area contributed by atoms with Crippen molar-refractivity contribution in [3.8, 4) is 5.75 Å². The minimum absolute atomic E-state index is 0.0829. The summed E-state index contributed by atoms with van der Waals surface area (Å²) < 4.78 is 6.59. The van der Waals surface area contributed by atoms with E-state index in [-0.39, 0.29) is 36.9 Å². The van der Waals surface area contributed by atoms with Gasteiger partial charge in [-0.15, -0.1) is 0 Å². The molecule has 4 amide bonds. The van der Waals surface area contributed by atoms with Gasteiger partial charge in [0.1, 0.15) is 11.3 Å². The number of imide groups is 1. The highest BCUT2D eigenvalue weighted by molar-refractivity contribution is 9.10. The number of benzene rings is 1. The summed E-state index contributed by atoms with van der Waals surface area (Å²) in [5.41, 5.74) is 0.282. The normalized spacial score (nSPS) is 22.8. The molecule has 8 heteroatoms. The minimum atomic E-state index is -0.682. The molecule has 0 aromatic heterocycles. The Morgan fingerprint density at radius 3 is 2.89 bits per heavy atom. The zero-order chi connectivity index (χ0) is 19.7. The number of nitrogens with zero attached hydrogens (tertiary/aromatic N) is 1. The van der Waals surface area contributed by atoms with Gasteiger partial charge < -0.3 is 15.4 Å². The number of hydrogen-bond donors (Lipinski definition) is 2. The van der Waals surface area contributed by atoms with Gasteiger partial charge in [0.25, 0.3) is 5.91 Å². The molecule has 2 N–H and O–H groups in total. The Bertz CT molecular complexity index is 807. The number of nitrogens with one attached hydrogen (secondary N) is 2. The Morgan fingerprint density at radius 2 is 2.11 bits per heavy atom. The van der Waals surface area contributed by atoms with Gasteiger partial charge in [-0.05, 0) is 37.5 Å². The Labute approximate surface area is 172 Å². The molecule has 2 aliphatic heterocycles. The summed E-state index contributed by atoms with van der Waals surface area (Å²) in [6.07, 6.45) is 4.79. The van der Waals surface area contributed by atoms with Crippen LogP contribution in [0.2, 0.25) is 0 Å². The molecule has 1 saturated heterocycles. The van der Waals surface area contributed by atoms with Crippen LogP contribution >= 0.6 is 15.9 Å². The maximum absolute atomic E-state index is 12.6. The number of amides is 4. The van der Waals surface area contributed by atoms with E-state index in [0.717, 1.165) is 28.6 Å². The molecule has 28 heavy (non-hydrogen) atoms. The molecule has 1 aromatic carbocycles. The molecular weight excluding hydrogens is 426 g/mol. The number of carbonyl (C=O) groups is 3. The number of rotatable bonds is 5. The maximum Gasteiger partial charge on any atom is 0.325 e. The van der Waals surface area contributed by atoms with Gasteiger partial charge in [0.15, 0.2) is 0 Å². The standard InChI is InChI=1S/C20H24BrN3O4/c21-13-5-6-16-14(12-13)15(7-11-28-16)22-17(25)4-3-10-24-18(26)20(23-19(24)27)8-1-2-9-20/h5-6,12,15H,1-4,7-11H2,(H,22,25)(H,23,27). The lowest BCUT2D eigenvalue weighted by Crippen LogP contribution is -2.44. The van der Waals surface area contributed by atoms with E-state index >= 15 is 0 Å². The zero-order valence-corrected chi connectivity index (χ0v) is 17.2. The van der Waals surface area contributed by atoms with Gasteiger partial charge in [0, 0.05) is 29.4 Å². The van der Waals surface area contributed by atoms with Gasteiger partial charge in [-0.25, -0.2) is 4.79 Å². The molecule has 1 spiro atoms. The number of hydrogen-bond acceptors (Lipinski definition) is 4. The number of urea groups is 1. The van der Waals surface area contributed by atoms with Gasteiger partial charge in [0.05, 0.1) is 12.6 Å². The monoisotopic (exact) mass is 449 g/mol. The van der Waals surface area contributed by atoms with Crippen molar-refractivity contribution in [3.63, 3.8) is 0 Å². The van der Waals surface area contributed by atoms with E-state index in [1.165, 1.54) is 4.90 Å². The molecule has 1 aromatic rings.